The van der Waals surface area contributed by atoms with Gasteiger partial charge in [0.2, 0.25) is 0 Å². The molecule has 8 nitrogen and oxygen atoms in total. The maximum Gasteiger partial charge on any atom is 0.319 e. The first-order chi connectivity index (χ1) is 22.4. The van der Waals surface area contributed by atoms with Crippen LogP contribution in [-0.2, 0) is 0 Å². The number of alkyl halides is 3. The van der Waals surface area contributed by atoms with Gasteiger partial charge in [0, 0.05) is 23.9 Å². The number of aromatic nitrogens is 2. The molecule has 7 rings (SSSR count). The average Bonchev–Trinajstić information content (AvgIpc) is 3.63. The molecule has 4 aromatic rings. The van der Waals surface area contributed by atoms with Crippen LogP contribution in [-0.4, -0.2) is 71.9 Å². The number of anilines is 2. The number of fused-ring (bicyclic) bond motifs is 2. The molecule has 0 spiro atoms. The molecule has 47 heavy (non-hydrogen) atoms. The average molecular weight is 693 g/mol. The van der Waals surface area contributed by atoms with E-state index in [4.69, 9.17) is 26.8 Å². The Morgan fingerprint density at radius 3 is 2.77 bits per heavy atom. The Morgan fingerprint density at radius 1 is 1.26 bits per heavy atom. The Balaban J connectivity index is 1.48. The lowest BCUT2D eigenvalue weighted by Gasteiger charge is -2.34. The van der Waals surface area contributed by atoms with Gasteiger partial charge in [-0.05, 0) is 36.9 Å². The molecule has 0 bridgehead atoms. The maximum absolute atomic E-state index is 17.1. The number of hydrogen-bond donors (Lipinski definition) is 1. The molecule has 2 fully saturated rings. The summed E-state index contributed by atoms with van der Waals surface area (Å²) in [7, 11) is 0. The fraction of sp³-hybridized carbons (Fsp3) is 0.469. The van der Waals surface area contributed by atoms with E-state index in [0.29, 0.717) is 13.0 Å². The van der Waals surface area contributed by atoms with Crippen molar-refractivity contribution < 1.29 is 31.4 Å². The molecule has 2 N–H and O–H groups in total. The third-order valence-corrected chi connectivity index (χ3v) is 10.9. The molecule has 3 aliphatic heterocycles. The van der Waals surface area contributed by atoms with Gasteiger partial charge in [0.05, 0.1) is 38.8 Å². The van der Waals surface area contributed by atoms with Gasteiger partial charge in [-0.25, -0.2) is 22.0 Å². The minimum Gasteiger partial charge on any atom is -0.489 e. The maximum atomic E-state index is 17.1. The number of halogens is 6. The van der Waals surface area contributed by atoms with Crippen LogP contribution in [0.15, 0.2) is 12.1 Å². The zero-order chi connectivity index (χ0) is 33.4. The van der Waals surface area contributed by atoms with Gasteiger partial charge < -0.3 is 20.1 Å². The first kappa shape index (κ1) is 31.9. The van der Waals surface area contributed by atoms with Crippen LogP contribution in [0, 0.1) is 28.9 Å². The monoisotopic (exact) mass is 692 g/mol. The number of thiophene rings is 1. The van der Waals surface area contributed by atoms with E-state index in [9.17, 15) is 22.8 Å². The van der Waals surface area contributed by atoms with Crippen molar-refractivity contribution in [3.05, 3.63) is 34.4 Å². The third kappa shape index (κ3) is 5.09. The van der Waals surface area contributed by atoms with Gasteiger partial charge in [-0.1, -0.05) is 31.5 Å². The first-order valence-electron chi connectivity index (χ1n) is 15.3. The molecule has 5 heterocycles. The number of nitrogens with zero attached hydrogens (tertiary/aromatic N) is 5. The molecule has 248 valence electrons. The normalized spacial score (nSPS) is 22.7. The van der Waals surface area contributed by atoms with Crippen LogP contribution < -0.4 is 20.1 Å². The SMILES string of the molecule is CC(C)[C@H]1COc2c(Cl)c(-c3ccc(F)c4sc(N)c(C#N)c34)c(F)c3nc(OC[C@@]45CCCN4C[C@H](F)C5)nc(c23)N1CC(F)F. The van der Waals surface area contributed by atoms with Crippen LogP contribution in [0.1, 0.15) is 38.7 Å². The van der Waals surface area contributed by atoms with E-state index in [1.165, 1.54) is 11.0 Å². The lowest BCUT2D eigenvalue weighted by Crippen LogP contribution is -2.45. The standard InChI is InChI=1S/C32H30ClF5N6O2S/c1-14(2)19-12-45-27-23-26(25(38)22(24(27)33)16-4-5-18(35)28-21(16)17(9-39)29(40)47-28)41-31(42-30(23)44(19)11-20(36)37)46-13-32-6-3-7-43(32)10-15(34)8-32/h4-5,14-15,19-20H,3,6-8,10-13,40H2,1-2H3/t15-,19-,32+/m1/s1. The lowest BCUT2D eigenvalue weighted by atomic mass is 9.95. The Hall–Kier alpha value is -3.67. The fourth-order valence-corrected chi connectivity index (χ4v) is 8.66. The molecule has 0 saturated carbocycles. The highest BCUT2D eigenvalue weighted by atomic mass is 35.5. The zero-order valence-electron chi connectivity index (χ0n) is 25.4. The van der Waals surface area contributed by atoms with Crippen LogP contribution >= 0.6 is 22.9 Å². The number of hydrogen-bond acceptors (Lipinski definition) is 9. The van der Waals surface area contributed by atoms with E-state index < -0.39 is 42.4 Å². The summed E-state index contributed by atoms with van der Waals surface area (Å²) in [6.07, 6.45) is -1.98. The minimum atomic E-state index is -2.78. The Bertz CT molecular complexity index is 1950. The molecule has 0 aliphatic carbocycles. The Kier molecular flexibility index (Phi) is 8.00. The van der Waals surface area contributed by atoms with Gasteiger partial charge in [0.15, 0.2) is 11.6 Å². The molecular formula is C32H30ClF5N6O2S. The van der Waals surface area contributed by atoms with E-state index in [1.807, 2.05) is 24.8 Å². The van der Waals surface area contributed by atoms with Crippen molar-refractivity contribution in [2.24, 2.45) is 5.92 Å². The summed E-state index contributed by atoms with van der Waals surface area (Å²) in [6.45, 7) is 3.86. The summed E-state index contributed by atoms with van der Waals surface area (Å²) in [4.78, 5) is 12.4. The van der Waals surface area contributed by atoms with Crippen molar-refractivity contribution in [1.29, 1.82) is 5.26 Å². The second-order valence-corrected chi connectivity index (χ2v) is 14.1. The first-order valence-corrected chi connectivity index (χ1v) is 16.5. The van der Waals surface area contributed by atoms with Crippen LogP contribution in [0.25, 0.3) is 32.1 Å². The summed E-state index contributed by atoms with van der Waals surface area (Å²) in [6, 6.07) is 3.49. The molecule has 0 amide bonds. The smallest absolute Gasteiger partial charge is 0.319 e. The van der Waals surface area contributed by atoms with E-state index in [0.717, 1.165) is 23.8 Å². The Morgan fingerprint density at radius 2 is 2.04 bits per heavy atom. The molecular weight excluding hydrogens is 663 g/mol. The van der Waals surface area contributed by atoms with Gasteiger partial charge in [0.25, 0.3) is 6.43 Å². The van der Waals surface area contributed by atoms with E-state index in [2.05, 4.69) is 9.97 Å². The quantitative estimate of drug-likeness (QED) is 0.201. The van der Waals surface area contributed by atoms with E-state index >= 15 is 4.39 Å². The van der Waals surface area contributed by atoms with Crippen LogP contribution in [0.5, 0.6) is 11.8 Å². The topological polar surface area (TPSA) is 101 Å². The van der Waals surface area contributed by atoms with Crippen molar-refractivity contribution in [1.82, 2.24) is 14.9 Å². The minimum absolute atomic E-state index is 0.0184. The largest absolute Gasteiger partial charge is 0.489 e. The number of nitriles is 1. The van der Waals surface area contributed by atoms with Crippen LogP contribution in [0.2, 0.25) is 5.02 Å². The number of nitrogen functional groups attached to an aromatic ring is 1. The summed E-state index contributed by atoms with van der Waals surface area (Å²) < 4.78 is 87.1. The predicted molar refractivity (Wildman–Crippen MR) is 170 cm³/mol. The molecule has 2 aromatic heterocycles. The predicted octanol–water partition coefficient (Wildman–Crippen LogP) is 7.34. The van der Waals surface area contributed by atoms with Gasteiger partial charge in [-0.2, -0.15) is 15.2 Å². The third-order valence-electron chi connectivity index (χ3n) is 9.55. The summed E-state index contributed by atoms with van der Waals surface area (Å²) in [5, 5.41) is 9.75. The lowest BCUT2D eigenvalue weighted by molar-refractivity contribution is 0.107. The van der Waals surface area contributed by atoms with Crippen molar-refractivity contribution in [3.8, 4) is 29.0 Å². The van der Waals surface area contributed by atoms with Gasteiger partial charge in [-0.3, -0.25) is 4.90 Å². The molecule has 0 radical (unpaired) electrons. The molecule has 3 atom stereocenters. The van der Waals surface area contributed by atoms with Gasteiger partial charge >= 0.3 is 6.01 Å². The van der Waals surface area contributed by atoms with Crippen molar-refractivity contribution >= 4 is 54.7 Å². The fourth-order valence-electron chi connectivity index (χ4n) is 7.37. The number of rotatable bonds is 7. The summed E-state index contributed by atoms with van der Waals surface area (Å²) >= 11 is 7.77. The number of benzene rings is 2. The highest BCUT2D eigenvalue weighted by Gasteiger charge is 2.49. The van der Waals surface area contributed by atoms with Crippen molar-refractivity contribution in [2.45, 2.75) is 57.3 Å². The van der Waals surface area contributed by atoms with Crippen LogP contribution in [0.4, 0.5) is 32.8 Å². The molecule has 0 unspecified atom stereocenters. The second-order valence-electron chi connectivity index (χ2n) is 12.7. The molecule has 3 aliphatic rings. The summed E-state index contributed by atoms with van der Waals surface area (Å²) in [5.74, 6) is -1.92. The van der Waals surface area contributed by atoms with Crippen LogP contribution in [0.3, 0.4) is 0 Å². The molecule has 15 heteroatoms. The van der Waals surface area contributed by atoms with Gasteiger partial charge in [0.1, 0.15) is 47.6 Å². The zero-order valence-corrected chi connectivity index (χ0v) is 27.0. The highest BCUT2D eigenvalue weighted by molar-refractivity contribution is 7.23. The van der Waals surface area contributed by atoms with E-state index in [-0.39, 0.29) is 97.4 Å². The number of nitrogens with two attached hydrogens (primary N) is 1. The van der Waals surface area contributed by atoms with E-state index in [1.54, 1.807) is 0 Å². The van der Waals surface area contributed by atoms with Gasteiger partial charge in [-0.15, -0.1) is 11.3 Å². The Labute approximate surface area is 275 Å². The second kappa shape index (κ2) is 11.8. The summed E-state index contributed by atoms with van der Waals surface area (Å²) in [5.41, 5.74) is 4.94. The molecule has 2 aromatic carbocycles. The number of ether oxygens (including phenoxy) is 2. The van der Waals surface area contributed by atoms with Crippen molar-refractivity contribution in [2.75, 3.05) is 43.5 Å². The van der Waals surface area contributed by atoms with Crippen molar-refractivity contribution in [3.63, 3.8) is 0 Å². The molecule has 2 saturated heterocycles. The highest BCUT2D eigenvalue weighted by Crippen LogP contribution is 2.51.